The van der Waals surface area contributed by atoms with Gasteiger partial charge < -0.3 is 5.21 Å². The van der Waals surface area contributed by atoms with Crippen molar-refractivity contribution >= 4 is 15.5 Å². The lowest BCUT2D eigenvalue weighted by molar-refractivity contribution is 0.318. The third-order valence-corrected chi connectivity index (χ3v) is 3.76. The van der Waals surface area contributed by atoms with Gasteiger partial charge in [-0.3, -0.25) is 0 Å². The van der Waals surface area contributed by atoms with Gasteiger partial charge in [0.25, 0.3) is 0 Å². The summed E-state index contributed by atoms with van der Waals surface area (Å²) in [6.45, 7) is 1.38. The minimum absolute atomic E-state index is 0.0676. The average molecular weight is 245 g/mol. The minimum atomic E-state index is -3.39. The number of oxime groups is 1. The van der Waals surface area contributed by atoms with E-state index < -0.39 is 20.9 Å². The Morgan fingerprint density at radius 1 is 1.50 bits per heavy atom. The smallest absolute Gasteiger partial charge is 0.155 e. The number of rotatable bonds is 3. The summed E-state index contributed by atoms with van der Waals surface area (Å²) in [4.78, 5) is 0. The Morgan fingerprint density at radius 2 is 2.12 bits per heavy atom. The predicted octanol–water partition coefficient (Wildman–Crippen LogP) is 1.44. The Balaban J connectivity index is 3.20. The van der Waals surface area contributed by atoms with Gasteiger partial charge in [0.2, 0.25) is 0 Å². The number of sulfone groups is 1. The zero-order chi connectivity index (χ0) is 12.3. The molecule has 0 saturated heterocycles. The summed E-state index contributed by atoms with van der Waals surface area (Å²) < 4.78 is 35.5. The molecule has 0 spiro atoms. The number of halogens is 1. The van der Waals surface area contributed by atoms with E-state index in [4.69, 9.17) is 5.21 Å². The van der Waals surface area contributed by atoms with Crippen LogP contribution in [0.2, 0.25) is 0 Å². The standard InChI is InChI=1S/C10H12FNO3S/c1-7(16(2,14)15)10(12-13)8-4-3-5-9(11)6-8/h3-7,13H,1-2H3. The number of nitrogens with zero attached hydrogens (tertiary/aromatic N) is 1. The second-order valence-corrected chi connectivity index (χ2v) is 5.83. The minimum Gasteiger partial charge on any atom is -0.411 e. The molecule has 16 heavy (non-hydrogen) atoms. The molecule has 1 aromatic carbocycles. The molecule has 0 saturated carbocycles. The van der Waals surface area contributed by atoms with Crippen LogP contribution in [-0.4, -0.2) is 30.8 Å². The van der Waals surface area contributed by atoms with E-state index in [1.807, 2.05) is 0 Å². The first-order valence-electron chi connectivity index (χ1n) is 4.53. The van der Waals surface area contributed by atoms with Gasteiger partial charge in [0, 0.05) is 11.8 Å². The zero-order valence-corrected chi connectivity index (χ0v) is 9.70. The molecule has 1 N–H and O–H groups in total. The Labute approximate surface area is 93.3 Å². The van der Waals surface area contributed by atoms with Gasteiger partial charge in [0.05, 0.1) is 0 Å². The van der Waals surface area contributed by atoms with E-state index in [-0.39, 0.29) is 11.3 Å². The second kappa shape index (κ2) is 4.61. The Kier molecular flexibility index (Phi) is 3.64. The fourth-order valence-corrected chi connectivity index (χ4v) is 1.81. The summed E-state index contributed by atoms with van der Waals surface area (Å²) in [6.07, 6.45) is 1.03. The van der Waals surface area contributed by atoms with Gasteiger partial charge in [-0.05, 0) is 19.1 Å². The third-order valence-electron chi connectivity index (χ3n) is 2.26. The molecular weight excluding hydrogens is 233 g/mol. The molecule has 1 atom stereocenters. The van der Waals surface area contributed by atoms with Crippen molar-refractivity contribution in [1.82, 2.24) is 0 Å². The molecule has 4 nitrogen and oxygen atoms in total. The maximum Gasteiger partial charge on any atom is 0.155 e. The molecule has 88 valence electrons. The molecule has 0 aliphatic carbocycles. The molecule has 1 unspecified atom stereocenters. The summed E-state index contributed by atoms with van der Waals surface area (Å²) in [6, 6.07) is 5.25. The van der Waals surface area contributed by atoms with Crippen LogP contribution in [0.5, 0.6) is 0 Å². The molecule has 0 aliphatic heterocycles. The maximum atomic E-state index is 12.9. The molecule has 0 aliphatic rings. The molecule has 0 radical (unpaired) electrons. The molecule has 0 fully saturated rings. The van der Waals surface area contributed by atoms with E-state index in [0.29, 0.717) is 0 Å². The van der Waals surface area contributed by atoms with Crippen LogP contribution >= 0.6 is 0 Å². The average Bonchev–Trinajstić information content (AvgIpc) is 2.17. The number of hydrogen-bond donors (Lipinski definition) is 1. The summed E-state index contributed by atoms with van der Waals surface area (Å²) in [5.41, 5.74) is 0.183. The van der Waals surface area contributed by atoms with Gasteiger partial charge in [-0.15, -0.1) is 0 Å². The van der Waals surface area contributed by atoms with Crippen LogP contribution < -0.4 is 0 Å². The van der Waals surface area contributed by atoms with Crippen LogP contribution in [0.15, 0.2) is 29.4 Å². The Morgan fingerprint density at radius 3 is 2.56 bits per heavy atom. The van der Waals surface area contributed by atoms with E-state index in [0.717, 1.165) is 12.3 Å². The maximum absolute atomic E-state index is 12.9. The highest BCUT2D eigenvalue weighted by atomic mass is 32.2. The van der Waals surface area contributed by atoms with Crippen LogP contribution in [0.1, 0.15) is 12.5 Å². The Hall–Kier alpha value is -1.43. The van der Waals surface area contributed by atoms with Crippen molar-refractivity contribution in [3.8, 4) is 0 Å². The summed E-state index contributed by atoms with van der Waals surface area (Å²) in [5.74, 6) is -0.514. The fraction of sp³-hybridized carbons (Fsp3) is 0.300. The topological polar surface area (TPSA) is 66.7 Å². The van der Waals surface area contributed by atoms with Crippen LogP contribution in [0.4, 0.5) is 4.39 Å². The van der Waals surface area contributed by atoms with E-state index in [2.05, 4.69) is 5.16 Å². The Bertz CT molecular complexity index is 511. The predicted molar refractivity (Wildman–Crippen MR) is 59.0 cm³/mol. The SMILES string of the molecule is CC(C(=NO)c1cccc(F)c1)S(C)(=O)=O. The first-order valence-corrected chi connectivity index (χ1v) is 6.48. The summed E-state index contributed by atoms with van der Waals surface area (Å²) in [5, 5.41) is 10.8. The lowest BCUT2D eigenvalue weighted by Gasteiger charge is -2.11. The third kappa shape index (κ3) is 2.79. The molecule has 6 heteroatoms. The van der Waals surface area contributed by atoms with Crippen LogP contribution in [0.3, 0.4) is 0 Å². The molecule has 0 heterocycles. The van der Waals surface area contributed by atoms with E-state index >= 15 is 0 Å². The fourth-order valence-electron chi connectivity index (χ4n) is 1.22. The van der Waals surface area contributed by atoms with Crippen molar-refractivity contribution in [3.05, 3.63) is 35.6 Å². The normalized spacial score (nSPS) is 14.8. The lowest BCUT2D eigenvalue weighted by atomic mass is 10.1. The summed E-state index contributed by atoms with van der Waals surface area (Å²) in [7, 11) is -3.39. The van der Waals surface area contributed by atoms with Crippen LogP contribution in [-0.2, 0) is 9.84 Å². The van der Waals surface area contributed by atoms with E-state index in [1.165, 1.54) is 25.1 Å². The van der Waals surface area contributed by atoms with Gasteiger partial charge >= 0.3 is 0 Å². The molecule has 1 rings (SSSR count). The monoisotopic (exact) mass is 245 g/mol. The van der Waals surface area contributed by atoms with E-state index in [1.54, 1.807) is 0 Å². The highest BCUT2D eigenvalue weighted by molar-refractivity contribution is 7.92. The number of benzene rings is 1. The zero-order valence-electron chi connectivity index (χ0n) is 8.88. The first kappa shape index (κ1) is 12.6. The second-order valence-electron chi connectivity index (χ2n) is 3.47. The van der Waals surface area contributed by atoms with Crippen molar-refractivity contribution in [2.24, 2.45) is 5.16 Å². The lowest BCUT2D eigenvalue weighted by Crippen LogP contribution is -2.27. The largest absolute Gasteiger partial charge is 0.411 e. The van der Waals surface area contributed by atoms with Gasteiger partial charge in [0.1, 0.15) is 16.8 Å². The van der Waals surface area contributed by atoms with Gasteiger partial charge in [-0.25, -0.2) is 12.8 Å². The number of hydrogen-bond acceptors (Lipinski definition) is 4. The van der Waals surface area contributed by atoms with E-state index in [9.17, 15) is 12.8 Å². The highest BCUT2D eigenvalue weighted by Gasteiger charge is 2.23. The first-order chi connectivity index (χ1) is 7.36. The quantitative estimate of drug-likeness (QED) is 0.497. The van der Waals surface area contributed by atoms with Crippen molar-refractivity contribution in [1.29, 1.82) is 0 Å². The van der Waals surface area contributed by atoms with Crippen LogP contribution in [0, 0.1) is 5.82 Å². The summed E-state index contributed by atoms with van der Waals surface area (Å²) >= 11 is 0. The molecule has 1 aromatic rings. The van der Waals surface area contributed by atoms with Crippen molar-refractivity contribution < 1.29 is 18.0 Å². The molecule has 0 bridgehead atoms. The van der Waals surface area contributed by atoms with Crippen molar-refractivity contribution in [3.63, 3.8) is 0 Å². The molecule has 0 aromatic heterocycles. The van der Waals surface area contributed by atoms with Crippen LogP contribution in [0.25, 0.3) is 0 Å². The van der Waals surface area contributed by atoms with Gasteiger partial charge in [0.15, 0.2) is 9.84 Å². The van der Waals surface area contributed by atoms with Crippen molar-refractivity contribution in [2.45, 2.75) is 12.2 Å². The van der Waals surface area contributed by atoms with Gasteiger partial charge in [-0.2, -0.15) is 0 Å². The molecule has 0 amide bonds. The highest BCUT2D eigenvalue weighted by Crippen LogP contribution is 2.12. The van der Waals surface area contributed by atoms with Gasteiger partial charge in [-0.1, -0.05) is 17.3 Å². The van der Waals surface area contributed by atoms with Crippen molar-refractivity contribution in [2.75, 3.05) is 6.26 Å². The molecular formula is C10H12FNO3S.